The number of benzene rings is 1. The van der Waals surface area contributed by atoms with Crippen molar-refractivity contribution in [1.29, 1.82) is 0 Å². The molecule has 0 bridgehead atoms. The number of hydrogen-bond acceptors (Lipinski definition) is 7. The minimum absolute atomic E-state index is 0.00660. The van der Waals surface area contributed by atoms with Crippen LogP contribution < -0.4 is 4.31 Å². The van der Waals surface area contributed by atoms with Crippen molar-refractivity contribution >= 4 is 44.6 Å². The standard InChI is InChI=1S/C15H17N3O3S3/c1-10-16-17-15(23-10)22-9-14(19)12-5-6-13-11(8-12)4-3-7-18(13)24(2,20)21/h5-6,8H,3-4,7,9H2,1-2H3. The third kappa shape index (κ3) is 3.79. The van der Waals surface area contributed by atoms with E-state index in [0.29, 0.717) is 23.5 Å². The van der Waals surface area contributed by atoms with E-state index in [1.807, 2.05) is 13.0 Å². The first-order chi connectivity index (χ1) is 11.3. The Balaban J connectivity index is 1.77. The Bertz CT molecular complexity index is 877. The van der Waals surface area contributed by atoms with Crippen LogP contribution >= 0.6 is 23.1 Å². The number of fused-ring (bicyclic) bond motifs is 1. The maximum atomic E-state index is 12.4. The SMILES string of the molecule is Cc1nnc(SCC(=O)c2ccc3c(c2)CCCN3S(C)(=O)=O)s1. The number of carbonyl (C=O) groups excluding carboxylic acids is 1. The van der Waals surface area contributed by atoms with E-state index in [1.165, 1.54) is 33.7 Å². The lowest BCUT2D eigenvalue weighted by molar-refractivity contribution is 0.102. The van der Waals surface area contributed by atoms with Crippen molar-refractivity contribution in [1.82, 2.24) is 10.2 Å². The Morgan fingerprint density at radius 3 is 2.83 bits per heavy atom. The number of ketones is 1. The van der Waals surface area contributed by atoms with Gasteiger partial charge in [-0.25, -0.2) is 8.42 Å². The summed E-state index contributed by atoms with van der Waals surface area (Å²) in [6.45, 7) is 2.37. The maximum absolute atomic E-state index is 12.4. The number of aryl methyl sites for hydroxylation is 2. The monoisotopic (exact) mass is 383 g/mol. The van der Waals surface area contributed by atoms with Crippen LogP contribution in [0.3, 0.4) is 0 Å². The summed E-state index contributed by atoms with van der Waals surface area (Å²) in [6, 6.07) is 5.26. The molecule has 0 saturated carbocycles. The molecule has 2 aromatic rings. The molecule has 128 valence electrons. The molecule has 0 fully saturated rings. The number of hydrogen-bond donors (Lipinski definition) is 0. The van der Waals surface area contributed by atoms with E-state index in [-0.39, 0.29) is 5.78 Å². The molecule has 9 heteroatoms. The quantitative estimate of drug-likeness (QED) is 0.583. The summed E-state index contributed by atoms with van der Waals surface area (Å²) in [5.74, 6) is 0.301. The van der Waals surface area contributed by atoms with Crippen LogP contribution in [-0.4, -0.2) is 43.0 Å². The lowest BCUT2D eigenvalue weighted by Crippen LogP contribution is -2.34. The lowest BCUT2D eigenvalue weighted by Gasteiger charge is -2.29. The molecule has 1 aliphatic heterocycles. The zero-order valence-electron chi connectivity index (χ0n) is 13.4. The molecular weight excluding hydrogens is 366 g/mol. The summed E-state index contributed by atoms with van der Waals surface area (Å²) in [5, 5.41) is 8.80. The summed E-state index contributed by atoms with van der Waals surface area (Å²) in [7, 11) is -3.29. The number of sulfonamides is 1. The minimum Gasteiger partial charge on any atom is -0.293 e. The molecule has 0 amide bonds. The number of rotatable bonds is 5. The average Bonchev–Trinajstić information content (AvgIpc) is 2.96. The molecule has 0 unspecified atom stereocenters. The zero-order chi connectivity index (χ0) is 17.3. The molecule has 0 aliphatic carbocycles. The van der Waals surface area contributed by atoms with Gasteiger partial charge in [-0.3, -0.25) is 9.10 Å². The first kappa shape index (κ1) is 17.4. The second kappa shape index (κ2) is 6.81. The van der Waals surface area contributed by atoms with Gasteiger partial charge in [0.1, 0.15) is 5.01 Å². The number of carbonyl (C=O) groups is 1. The summed E-state index contributed by atoms with van der Waals surface area (Å²) >= 11 is 2.84. The van der Waals surface area contributed by atoms with Crippen LogP contribution in [0.5, 0.6) is 0 Å². The Morgan fingerprint density at radius 2 is 2.17 bits per heavy atom. The molecule has 6 nitrogen and oxygen atoms in total. The molecule has 1 aliphatic rings. The molecule has 0 saturated heterocycles. The van der Waals surface area contributed by atoms with Crippen LogP contribution in [0.15, 0.2) is 22.5 Å². The highest BCUT2D eigenvalue weighted by atomic mass is 32.2. The fourth-order valence-corrected chi connectivity index (χ4v) is 5.33. The fourth-order valence-electron chi connectivity index (χ4n) is 2.63. The van der Waals surface area contributed by atoms with Crippen molar-refractivity contribution in [2.45, 2.75) is 24.1 Å². The molecule has 24 heavy (non-hydrogen) atoms. The molecule has 1 aromatic carbocycles. The number of Topliss-reactive ketones (excluding diaryl/α,β-unsaturated/α-hetero) is 1. The molecule has 2 heterocycles. The van der Waals surface area contributed by atoms with Gasteiger partial charge in [-0.15, -0.1) is 10.2 Å². The van der Waals surface area contributed by atoms with E-state index in [1.54, 1.807) is 12.1 Å². The van der Waals surface area contributed by atoms with Crippen LogP contribution in [0.2, 0.25) is 0 Å². The van der Waals surface area contributed by atoms with Crippen molar-refractivity contribution in [3.8, 4) is 0 Å². The van der Waals surface area contributed by atoms with E-state index in [0.717, 1.165) is 27.8 Å². The van der Waals surface area contributed by atoms with Crippen LogP contribution in [0, 0.1) is 6.92 Å². The van der Waals surface area contributed by atoms with Crippen LogP contribution in [0.25, 0.3) is 0 Å². The van der Waals surface area contributed by atoms with Crippen molar-refractivity contribution in [3.63, 3.8) is 0 Å². The summed E-state index contributed by atoms with van der Waals surface area (Å²) in [4.78, 5) is 12.4. The smallest absolute Gasteiger partial charge is 0.232 e. The van der Waals surface area contributed by atoms with Gasteiger partial charge in [-0.2, -0.15) is 0 Å². The van der Waals surface area contributed by atoms with E-state index in [2.05, 4.69) is 10.2 Å². The van der Waals surface area contributed by atoms with Crippen molar-refractivity contribution in [3.05, 3.63) is 34.3 Å². The predicted octanol–water partition coefficient (Wildman–Crippen LogP) is 2.53. The van der Waals surface area contributed by atoms with Gasteiger partial charge in [0.25, 0.3) is 0 Å². The van der Waals surface area contributed by atoms with Gasteiger partial charge in [-0.1, -0.05) is 23.1 Å². The number of aromatic nitrogens is 2. The molecule has 3 rings (SSSR count). The third-order valence-electron chi connectivity index (χ3n) is 3.71. The van der Waals surface area contributed by atoms with Crippen LogP contribution in [0.1, 0.15) is 27.3 Å². The molecule has 0 atom stereocenters. The third-order valence-corrected chi connectivity index (χ3v) is 6.86. The van der Waals surface area contributed by atoms with Crippen molar-refractivity contribution in [2.75, 3.05) is 22.9 Å². The largest absolute Gasteiger partial charge is 0.293 e. The van der Waals surface area contributed by atoms with Gasteiger partial charge in [0.2, 0.25) is 10.0 Å². The van der Waals surface area contributed by atoms with E-state index >= 15 is 0 Å². The number of thioether (sulfide) groups is 1. The van der Waals surface area contributed by atoms with E-state index in [4.69, 9.17) is 0 Å². The highest BCUT2D eigenvalue weighted by Crippen LogP contribution is 2.30. The van der Waals surface area contributed by atoms with E-state index < -0.39 is 10.0 Å². The number of anilines is 1. The first-order valence-electron chi connectivity index (χ1n) is 7.41. The second-order valence-electron chi connectivity index (χ2n) is 5.58. The second-order valence-corrected chi connectivity index (χ2v) is 9.89. The van der Waals surface area contributed by atoms with Gasteiger partial charge in [0.05, 0.1) is 17.7 Å². The summed E-state index contributed by atoms with van der Waals surface area (Å²) < 4.78 is 25.9. The average molecular weight is 384 g/mol. The molecule has 0 spiro atoms. The van der Waals surface area contributed by atoms with Gasteiger partial charge >= 0.3 is 0 Å². The van der Waals surface area contributed by atoms with E-state index in [9.17, 15) is 13.2 Å². The van der Waals surface area contributed by atoms with Gasteiger partial charge in [0, 0.05) is 12.1 Å². The Kier molecular flexibility index (Phi) is 4.93. The van der Waals surface area contributed by atoms with Crippen molar-refractivity contribution in [2.24, 2.45) is 0 Å². The van der Waals surface area contributed by atoms with Gasteiger partial charge in [-0.05, 0) is 43.5 Å². The lowest BCUT2D eigenvalue weighted by atomic mass is 9.99. The van der Waals surface area contributed by atoms with Gasteiger partial charge in [0.15, 0.2) is 10.1 Å². The molecule has 0 N–H and O–H groups in total. The highest BCUT2D eigenvalue weighted by molar-refractivity contribution is 8.01. The first-order valence-corrected chi connectivity index (χ1v) is 11.1. The highest BCUT2D eigenvalue weighted by Gasteiger charge is 2.24. The Labute approximate surface area is 149 Å². The predicted molar refractivity (Wildman–Crippen MR) is 96.7 cm³/mol. The van der Waals surface area contributed by atoms with Crippen LogP contribution in [0.4, 0.5) is 5.69 Å². The molecule has 1 aromatic heterocycles. The topological polar surface area (TPSA) is 80.2 Å². The Morgan fingerprint density at radius 1 is 1.38 bits per heavy atom. The van der Waals surface area contributed by atoms with Crippen LogP contribution in [-0.2, 0) is 16.4 Å². The van der Waals surface area contributed by atoms with Crippen molar-refractivity contribution < 1.29 is 13.2 Å². The normalized spacial score (nSPS) is 14.5. The van der Waals surface area contributed by atoms with Gasteiger partial charge < -0.3 is 0 Å². The molecule has 0 radical (unpaired) electrons. The zero-order valence-corrected chi connectivity index (χ0v) is 15.8. The fraction of sp³-hybridized carbons (Fsp3) is 0.400. The maximum Gasteiger partial charge on any atom is 0.232 e. The minimum atomic E-state index is -3.29. The Hall–Kier alpha value is -1.45. The molecular formula is C15H17N3O3S3. The number of nitrogens with zero attached hydrogens (tertiary/aromatic N) is 3. The summed E-state index contributed by atoms with van der Waals surface area (Å²) in [6.07, 6.45) is 2.75. The summed E-state index contributed by atoms with van der Waals surface area (Å²) in [5.41, 5.74) is 2.21.